The van der Waals surface area contributed by atoms with E-state index in [0.29, 0.717) is 23.9 Å². The molecule has 2 rings (SSSR count). The maximum absolute atomic E-state index is 12.2. The minimum Gasteiger partial charge on any atom is -0.391 e. The predicted molar refractivity (Wildman–Crippen MR) is 76.2 cm³/mol. The number of hydrogen-bond donors (Lipinski definition) is 1. The molecule has 1 atom stereocenters. The van der Waals surface area contributed by atoms with Crippen molar-refractivity contribution in [2.24, 2.45) is 5.92 Å². The molecule has 0 heterocycles. The fourth-order valence-electron chi connectivity index (χ4n) is 2.22. The highest BCUT2D eigenvalue weighted by Gasteiger charge is 2.31. The van der Waals surface area contributed by atoms with Crippen LogP contribution in [0.4, 0.5) is 0 Å². The maximum atomic E-state index is 12.2. The lowest BCUT2D eigenvalue weighted by atomic mass is 10.0. The molecule has 104 valence electrons. The molecule has 0 radical (unpaired) electrons. The Morgan fingerprint density at radius 3 is 2.37 bits per heavy atom. The summed E-state index contributed by atoms with van der Waals surface area (Å²) >= 11 is 0. The fraction of sp³-hybridized carbons (Fsp3) is 0.562. The van der Waals surface area contributed by atoms with Gasteiger partial charge in [0.05, 0.1) is 6.10 Å². The average molecular weight is 261 g/mol. The summed E-state index contributed by atoms with van der Waals surface area (Å²) in [4.78, 5) is 13.8. The van der Waals surface area contributed by atoms with E-state index in [1.54, 1.807) is 11.9 Å². The van der Waals surface area contributed by atoms with E-state index in [1.165, 1.54) is 5.56 Å². The highest BCUT2D eigenvalue weighted by molar-refractivity contribution is 5.94. The van der Waals surface area contributed by atoms with Gasteiger partial charge in [-0.15, -0.1) is 0 Å². The van der Waals surface area contributed by atoms with Crippen LogP contribution in [0.2, 0.25) is 0 Å². The van der Waals surface area contributed by atoms with E-state index in [9.17, 15) is 9.90 Å². The maximum Gasteiger partial charge on any atom is 0.253 e. The number of likely N-dealkylation sites (N-methyl/N-ethyl adjacent to an activating group) is 1. The highest BCUT2D eigenvalue weighted by atomic mass is 16.3. The van der Waals surface area contributed by atoms with E-state index in [-0.39, 0.29) is 12.0 Å². The molecule has 1 saturated carbocycles. The lowest BCUT2D eigenvalue weighted by Crippen LogP contribution is -2.35. The van der Waals surface area contributed by atoms with Gasteiger partial charge < -0.3 is 10.0 Å². The molecule has 1 aliphatic rings. The van der Waals surface area contributed by atoms with Gasteiger partial charge in [0.1, 0.15) is 0 Å². The van der Waals surface area contributed by atoms with Crippen molar-refractivity contribution in [2.75, 3.05) is 13.6 Å². The Labute approximate surface area is 115 Å². The number of nitrogens with zero attached hydrogens (tertiary/aromatic N) is 1. The molecule has 0 aromatic heterocycles. The first kappa shape index (κ1) is 14.1. The van der Waals surface area contributed by atoms with Crippen molar-refractivity contribution >= 4 is 5.91 Å². The number of aliphatic hydroxyl groups is 1. The Hall–Kier alpha value is -1.35. The topological polar surface area (TPSA) is 40.5 Å². The monoisotopic (exact) mass is 261 g/mol. The molecular formula is C16H23NO2. The summed E-state index contributed by atoms with van der Waals surface area (Å²) in [5.74, 6) is 0.854. The van der Waals surface area contributed by atoms with Crippen LogP contribution in [0.1, 0.15) is 48.5 Å². The first-order valence-electron chi connectivity index (χ1n) is 7.02. The van der Waals surface area contributed by atoms with E-state index in [1.807, 2.05) is 24.3 Å². The van der Waals surface area contributed by atoms with E-state index >= 15 is 0 Å². The average Bonchev–Trinajstić information content (AvgIpc) is 3.22. The Morgan fingerprint density at radius 2 is 1.89 bits per heavy atom. The van der Waals surface area contributed by atoms with Crippen molar-refractivity contribution in [3.63, 3.8) is 0 Å². The van der Waals surface area contributed by atoms with E-state index in [2.05, 4.69) is 13.8 Å². The van der Waals surface area contributed by atoms with Crippen molar-refractivity contribution in [2.45, 2.75) is 38.7 Å². The molecule has 3 heteroatoms. The molecule has 19 heavy (non-hydrogen) atoms. The summed E-state index contributed by atoms with van der Waals surface area (Å²) in [5.41, 5.74) is 1.92. The molecule has 1 aliphatic carbocycles. The summed E-state index contributed by atoms with van der Waals surface area (Å²) in [5, 5.41) is 9.88. The summed E-state index contributed by atoms with van der Waals surface area (Å²) in [7, 11) is 1.75. The second-order valence-corrected chi connectivity index (χ2v) is 5.87. The zero-order chi connectivity index (χ0) is 14.0. The number of carbonyl (C=O) groups is 1. The number of aliphatic hydroxyl groups excluding tert-OH is 1. The second-order valence-electron chi connectivity index (χ2n) is 5.87. The number of hydrogen-bond acceptors (Lipinski definition) is 2. The normalized spacial score (nSPS) is 16.5. The standard InChI is InChI=1S/C16H23NO2/c1-11(2)12-4-8-14(9-5-12)16(19)17(3)10-15(18)13-6-7-13/h4-5,8-9,11,13,15,18H,6-7,10H2,1-3H3. The first-order valence-corrected chi connectivity index (χ1v) is 7.02. The van der Waals surface area contributed by atoms with E-state index in [0.717, 1.165) is 12.8 Å². The van der Waals surface area contributed by atoms with Crippen molar-refractivity contribution in [1.29, 1.82) is 0 Å². The number of benzene rings is 1. The van der Waals surface area contributed by atoms with Crippen molar-refractivity contribution in [3.05, 3.63) is 35.4 Å². The Morgan fingerprint density at radius 1 is 1.32 bits per heavy atom. The minimum absolute atomic E-state index is 0.0185. The van der Waals surface area contributed by atoms with Crippen LogP contribution in [0.15, 0.2) is 24.3 Å². The third-order valence-electron chi connectivity index (χ3n) is 3.80. The zero-order valence-electron chi connectivity index (χ0n) is 12.0. The number of carbonyl (C=O) groups excluding carboxylic acids is 1. The second kappa shape index (κ2) is 5.74. The lowest BCUT2D eigenvalue weighted by Gasteiger charge is -2.21. The largest absolute Gasteiger partial charge is 0.391 e. The van der Waals surface area contributed by atoms with Gasteiger partial charge >= 0.3 is 0 Å². The number of rotatable bonds is 5. The smallest absolute Gasteiger partial charge is 0.253 e. The van der Waals surface area contributed by atoms with Gasteiger partial charge in [0.15, 0.2) is 0 Å². The molecular weight excluding hydrogens is 238 g/mol. The van der Waals surface area contributed by atoms with Gasteiger partial charge in [0.2, 0.25) is 0 Å². The summed E-state index contributed by atoms with van der Waals surface area (Å²) in [6.07, 6.45) is 1.81. The molecule has 0 saturated heterocycles. The summed E-state index contributed by atoms with van der Waals surface area (Å²) < 4.78 is 0. The molecule has 1 amide bonds. The van der Waals surface area contributed by atoms with Gasteiger partial charge in [0.25, 0.3) is 5.91 Å². The molecule has 0 spiro atoms. The van der Waals surface area contributed by atoms with Gasteiger partial charge in [-0.25, -0.2) is 0 Å². The molecule has 3 nitrogen and oxygen atoms in total. The Kier molecular flexibility index (Phi) is 4.25. The van der Waals surface area contributed by atoms with Gasteiger partial charge in [0, 0.05) is 19.2 Å². The van der Waals surface area contributed by atoms with Crippen molar-refractivity contribution in [3.8, 4) is 0 Å². The molecule has 0 aliphatic heterocycles. The van der Waals surface area contributed by atoms with Gasteiger partial charge in [-0.2, -0.15) is 0 Å². The van der Waals surface area contributed by atoms with Gasteiger partial charge in [-0.05, 0) is 42.4 Å². The van der Waals surface area contributed by atoms with Crippen LogP contribution in [-0.2, 0) is 0 Å². The van der Waals surface area contributed by atoms with Crippen LogP contribution in [0.5, 0.6) is 0 Å². The molecule has 1 unspecified atom stereocenters. The minimum atomic E-state index is -0.371. The van der Waals surface area contributed by atoms with Crippen LogP contribution in [0.25, 0.3) is 0 Å². The summed E-state index contributed by atoms with van der Waals surface area (Å²) in [6, 6.07) is 7.75. The number of amides is 1. The van der Waals surface area contributed by atoms with Crippen molar-refractivity contribution < 1.29 is 9.90 Å². The Bertz CT molecular complexity index is 435. The molecule has 0 bridgehead atoms. The van der Waals surface area contributed by atoms with Crippen LogP contribution < -0.4 is 0 Å². The van der Waals surface area contributed by atoms with E-state index < -0.39 is 0 Å². The third-order valence-corrected chi connectivity index (χ3v) is 3.80. The molecule has 1 fully saturated rings. The van der Waals surface area contributed by atoms with E-state index in [4.69, 9.17) is 0 Å². The molecule has 1 aromatic rings. The summed E-state index contributed by atoms with van der Waals surface area (Å²) in [6.45, 7) is 4.69. The van der Waals surface area contributed by atoms with Crippen LogP contribution >= 0.6 is 0 Å². The van der Waals surface area contributed by atoms with Gasteiger partial charge in [-0.1, -0.05) is 26.0 Å². The Balaban J connectivity index is 1.97. The SMILES string of the molecule is CC(C)c1ccc(C(=O)N(C)CC(O)C2CC2)cc1. The van der Waals surface area contributed by atoms with Crippen LogP contribution in [-0.4, -0.2) is 35.6 Å². The molecule has 1 N–H and O–H groups in total. The predicted octanol–water partition coefficient (Wildman–Crippen LogP) is 2.65. The fourth-order valence-corrected chi connectivity index (χ4v) is 2.22. The third kappa shape index (κ3) is 3.57. The van der Waals surface area contributed by atoms with Crippen molar-refractivity contribution in [1.82, 2.24) is 4.90 Å². The first-order chi connectivity index (χ1) is 8.99. The molecule has 1 aromatic carbocycles. The zero-order valence-corrected chi connectivity index (χ0v) is 12.0. The van der Waals surface area contributed by atoms with Crippen LogP contribution in [0, 0.1) is 5.92 Å². The highest BCUT2D eigenvalue weighted by Crippen LogP contribution is 2.32. The van der Waals surface area contributed by atoms with Crippen LogP contribution in [0.3, 0.4) is 0 Å². The quantitative estimate of drug-likeness (QED) is 0.885. The lowest BCUT2D eigenvalue weighted by molar-refractivity contribution is 0.0645. The van der Waals surface area contributed by atoms with Gasteiger partial charge in [-0.3, -0.25) is 4.79 Å².